The lowest BCUT2D eigenvalue weighted by atomic mass is 9.77. The maximum atomic E-state index is 12.5. The predicted molar refractivity (Wildman–Crippen MR) is 214 cm³/mol. The molecule has 6 rings (SSSR count). The molecule has 55 heavy (non-hydrogen) atoms. The quantitative estimate of drug-likeness (QED) is 0.0438. The fourth-order valence-corrected chi connectivity index (χ4v) is 8.23. The van der Waals surface area contributed by atoms with Gasteiger partial charge in [0.25, 0.3) is 10.0 Å². The molecule has 0 bridgehead atoms. The number of carbonyl (C=O) groups excluding carboxylic acids is 2. The zero-order valence-electron chi connectivity index (χ0n) is 31.7. The molecule has 2 aliphatic heterocycles. The first-order chi connectivity index (χ1) is 26.5. The molecular weight excluding hydrogens is 717 g/mol. The summed E-state index contributed by atoms with van der Waals surface area (Å²) in [6.07, 6.45) is 19.2. The molecule has 1 amide bonds. The first-order valence-corrected chi connectivity index (χ1v) is 21.1. The molecule has 0 fully saturated rings. The second-order valence-corrected chi connectivity index (χ2v) is 16.1. The van der Waals surface area contributed by atoms with Crippen molar-refractivity contribution in [1.29, 1.82) is 0 Å². The van der Waals surface area contributed by atoms with E-state index in [1.807, 2.05) is 12.1 Å². The van der Waals surface area contributed by atoms with Crippen LogP contribution in [0.2, 0.25) is 0 Å². The van der Waals surface area contributed by atoms with Crippen molar-refractivity contribution in [3.8, 4) is 23.0 Å². The third-order valence-corrected chi connectivity index (χ3v) is 11.5. The molecule has 294 valence electrons. The number of unbranched alkanes of at least 4 members (excludes halogenated alkanes) is 14. The zero-order chi connectivity index (χ0) is 39.3. The highest BCUT2D eigenvalue weighted by molar-refractivity contribution is 7.90. The number of hydrogen-bond acceptors (Lipinski definition) is 9. The normalized spacial score (nSPS) is 13.4. The molecule has 0 radical (unpaired) electrons. The van der Waals surface area contributed by atoms with Gasteiger partial charge in [-0.2, -0.15) is 0 Å². The number of esters is 1. The van der Waals surface area contributed by atoms with E-state index in [9.17, 15) is 28.2 Å². The first kappa shape index (κ1) is 41.1. The monoisotopic (exact) mass is 770 g/mol. The minimum atomic E-state index is -3.80. The van der Waals surface area contributed by atoms with Crippen molar-refractivity contribution in [2.45, 2.75) is 120 Å². The van der Waals surface area contributed by atoms with Crippen LogP contribution >= 0.6 is 0 Å². The van der Waals surface area contributed by atoms with E-state index >= 15 is 0 Å². The summed E-state index contributed by atoms with van der Waals surface area (Å²) in [7, 11) is -3.80. The lowest BCUT2D eigenvalue weighted by Crippen LogP contribution is -2.32. The Kier molecular flexibility index (Phi) is 14.6. The molecule has 10 nitrogen and oxygen atoms in total. The molecule has 0 aliphatic carbocycles. The van der Waals surface area contributed by atoms with Crippen LogP contribution in [0.1, 0.15) is 137 Å². The van der Waals surface area contributed by atoms with Gasteiger partial charge in [0.05, 0.1) is 10.5 Å². The Labute approximate surface area is 325 Å². The number of ether oxygens (including phenoxy) is 2. The van der Waals surface area contributed by atoms with Crippen molar-refractivity contribution in [2.24, 2.45) is 0 Å². The molecule has 0 saturated carbocycles. The number of phenols is 2. The van der Waals surface area contributed by atoms with Crippen molar-refractivity contribution < 1.29 is 37.7 Å². The van der Waals surface area contributed by atoms with Gasteiger partial charge in [0.2, 0.25) is 5.91 Å². The Bertz CT molecular complexity index is 1960. The summed E-state index contributed by atoms with van der Waals surface area (Å²) in [5, 5.41) is 19.7. The number of hydrogen-bond donors (Lipinski definition) is 4. The van der Waals surface area contributed by atoms with E-state index in [0.29, 0.717) is 39.4 Å². The molecule has 0 atom stereocenters. The van der Waals surface area contributed by atoms with Crippen LogP contribution in [0, 0.1) is 0 Å². The third kappa shape index (κ3) is 10.6. The van der Waals surface area contributed by atoms with Crippen LogP contribution in [0.4, 0.5) is 5.69 Å². The second kappa shape index (κ2) is 19.5. The number of benzene rings is 4. The van der Waals surface area contributed by atoms with Crippen LogP contribution in [0.3, 0.4) is 0 Å². The van der Waals surface area contributed by atoms with Crippen LogP contribution in [0.5, 0.6) is 23.0 Å². The van der Waals surface area contributed by atoms with Crippen LogP contribution in [0.25, 0.3) is 0 Å². The lowest BCUT2D eigenvalue weighted by Gasteiger charge is -2.36. The smallest absolute Gasteiger partial charge is 0.340 e. The summed E-state index contributed by atoms with van der Waals surface area (Å²) in [5.41, 5.74) is 7.33. The van der Waals surface area contributed by atoms with Gasteiger partial charge in [0, 0.05) is 40.9 Å². The Hall–Kier alpha value is -5.03. The maximum absolute atomic E-state index is 12.5. The standard InChI is InChI=1S/C24H42N2O3S.C20H12O5/c1-2-3-4-5-6-7-8-9-10-11-12-13-14-15-16-17-24(27)26-30(28,29)23-20-18-22(25)19-21-23;21-11-5-7-15-17(9-11)24-18-10-12(22)6-8-16(18)20(15)14-4-2-1-3-13(14)19(23)25-20/h18-21H,2-17,25H2,1H3,(H,26,27);1-10,21-22H. The molecule has 1 spiro atoms. The van der Waals surface area contributed by atoms with Crippen molar-refractivity contribution in [3.05, 3.63) is 107 Å². The Morgan fingerprint density at radius 3 is 1.69 bits per heavy atom. The van der Waals surface area contributed by atoms with Crippen molar-refractivity contribution >= 4 is 27.6 Å². The largest absolute Gasteiger partial charge is 0.508 e. The van der Waals surface area contributed by atoms with E-state index in [1.165, 1.54) is 126 Å². The molecular formula is C44H54N2O8S. The number of fused-ring (bicyclic) bond motifs is 6. The highest BCUT2D eigenvalue weighted by atomic mass is 32.2. The van der Waals surface area contributed by atoms with Gasteiger partial charge in [0.15, 0.2) is 5.60 Å². The molecule has 5 N–H and O–H groups in total. The number of phenolic OH excluding ortho intramolecular Hbond substituents is 2. The molecule has 0 saturated heterocycles. The average molecular weight is 771 g/mol. The van der Waals surface area contributed by atoms with E-state index in [1.54, 1.807) is 24.3 Å². The topological polar surface area (TPSA) is 165 Å². The molecule has 4 aromatic rings. The number of aromatic hydroxyl groups is 2. The highest BCUT2D eigenvalue weighted by Gasteiger charge is 2.53. The third-order valence-electron chi connectivity index (χ3n) is 10.1. The summed E-state index contributed by atoms with van der Waals surface area (Å²) in [6.45, 7) is 2.26. The first-order valence-electron chi connectivity index (χ1n) is 19.6. The Balaban J connectivity index is 0.000000213. The number of nitrogens with one attached hydrogen (secondary N) is 1. The summed E-state index contributed by atoms with van der Waals surface area (Å²) < 4.78 is 38.2. The molecule has 4 aromatic carbocycles. The summed E-state index contributed by atoms with van der Waals surface area (Å²) in [6, 6.07) is 22.4. The Morgan fingerprint density at radius 1 is 0.673 bits per heavy atom. The molecule has 0 unspecified atom stereocenters. The van der Waals surface area contributed by atoms with Gasteiger partial charge in [-0.1, -0.05) is 115 Å². The van der Waals surface area contributed by atoms with Crippen LogP contribution < -0.4 is 15.2 Å². The number of anilines is 1. The molecule has 2 heterocycles. The number of nitrogens with two attached hydrogens (primary N) is 1. The van der Waals surface area contributed by atoms with Crippen LogP contribution in [-0.4, -0.2) is 30.5 Å². The van der Waals surface area contributed by atoms with Gasteiger partial charge in [-0.25, -0.2) is 17.9 Å². The summed E-state index contributed by atoms with van der Waals surface area (Å²) in [4.78, 5) is 24.5. The highest BCUT2D eigenvalue weighted by Crippen LogP contribution is 2.56. The minimum Gasteiger partial charge on any atom is -0.508 e. The van der Waals surface area contributed by atoms with Gasteiger partial charge < -0.3 is 25.4 Å². The minimum absolute atomic E-state index is 0.0371. The second-order valence-electron chi connectivity index (χ2n) is 14.4. The van der Waals surface area contributed by atoms with E-state index < -0.39 is 27.5 Å². The van der Waals surface area contributed by atoms with Gasteiger partial charge in [-0.3, -0.25) is 4.79 Å². The van der Waals surface area contributed by atoms with Gasteiger partial charge in [-0.15, -0.1) is 0 Å². The lowest BCUT2D eigenvalue weighted by molar-refractivity contribution is -0.119. The van der Waals surface area contributed by atoms with Crippen LogP contribution in [-0.2, 0) is 25.2 Å². The number of amides is 1. The maximum Gasteiger partial charge on any atom is 0.340 e. The van der Waals surface area contributed by atoms with E-state index in [2.05, 4.69) is 11.6 Å². The van der Waals surface area contributed by atoms with Crippen molar-refractivity contribution in [1.82, 2.24) is 4.72 Å². The van der Waals surface area contributed by atoms with Crippen molar-refractivity contribution in [2.75, 3.05) is 5.73 Å². The van der Waals surface area contributed by atoms with Gasteiger partial charge in [0.1, 0.15) is 23.0 Å². The van der Waals surface area contributed by atoms with Gasteiger partial charge in [-0.05, 0) is 61.0 Å². The number of nitrogen functional groups attached to an aromatic ring is 1. The number of sulfonamides is 1. The SMILES string of the molecule is CCCCCCCCCCCCCCCCCC(=O)NS(=O)(=O)c1ccc(N)cc1.O=C1OC2(c3ccc(O)cc3Oc3cc(O)ccc32)c2ccccc21. The number of rotatable bonds is 18. The van der Waals surface area contributed by atoms with Crippen molar-refractivity contribution in [3.63, 3.8) is 0 Å². The van der Waals surface area contributed by atoms with Gasteiger partial charge >= 0.3 is 5.97 Å². The molecule has 0 aromatic heterocycles. The van der Waals surface area contributed by atoms with E-state index in [-0.39, 0.29) is 22.8 Å². The zero-order valence-corrected chi connectivity index (χ0v) is 32.5. The fourth-order valence-electron chi connectivity index (χ4n) is 7.22. The van der Waals surface area contributed by atoms with E-state index in [0.717, 1.165) is 19.3 Å². The Morgan fingerprint density at radius 2 is 1.16 bits per heavy atom. The summed E-state index contributed by atoms with van der Waals surface area (Å²) >= 11 is 0. The fraction of sp³-hybridized carbons (Fsp3) is 0.409. The summed E-state index contributed by atoms with van der Waals surface area (Å²) in [5.74, 6) is -0.0347. The molecule has 11 heteroatoms. The van der Waals surface area contributed by atoms with Crippen LogP contribution in [0.15, 0.2) is 89.8 Å². The molecule has 2 aliphatic rings. The number of carbonyl (C=O) groups is 2. The van der Waals surface area contributed by atoms with E-state index in [4.69, 9.17) is 15.2 Å². The average Bonchev–Trinajstić information content (AvgIpc) is 3.45. The predicted octanol–water partition coefficient (Wildman–Crippen LogP) is 10.0.